The van der Waals surface area contributed by atoms with Crippen molar-refractivity contribution in [3.63, 3.8) is 0 Å². The molecule has 2 atom stereocenters. The molecule has 0 amide bonds. The number of nitrogens with zero attached hydrogens (tertiary/aromatic N) is 1. The number of hydrogen-bond acceptors (Lipinski definition) is 2. The predicted octanol–water partition coefficient (Wildman–Crippen LogP) is 15.4. The van der Waals surface area contributed by atoms with Crippen molar-refractivity contribution in [3.8, 4) is 22.3 Å². The van der Waals surface area contributed by atoms with E-state index in [1.165, 1.54) is 28.5 Å². The summed E-state index contributed by atoms with van der Waals surface area (Å²) in [6.45, 7) is 23.3. The van der Waals surface area contributed by atoms with Crippen LogP contribution in [0.1, 0.15) is 49.8 Å². The maximum atomic E-state index is 5.44. The Morgan fingerprint density at radius 2 is 1.30 bits per heavy atom. The smallest absolute Gasteiger partial charge is 0.0645 e. The molecule has 5 rings (SSSR count). The van der Waals surface area contributed by atoms with E-state index < -0.39 is 5.41 Å². The van der Waals surface area contributed by atoms with Crippen molar-refractivity contribution in [2.24, 2.45) is 10.7 Å². The molecule has 304 valence electrons. The van der Waals surface area contributed by atoms with Crippen molar-refractivity contribution in [3.05, 3.63) is 283 Å². The molecule has 0 aromatic heterocycles. The second kappa shape index (κ2) is 22.8. The average Bonchev–Trinajstić information content (AvgIpc) is 3.55. The van der Waals surface area contributed by atoms with Gasteiger partial charge in [-0.05, 0) is 124 Å². The summed E-state index contributed by atoms with van der Waals surface area (Å²) < 4.78 is 0. The van der Waals surface area contributed by atoms with Gasteiger partial charge in [-0.25, -0.2) is 0 Å². The normalized spacial score (nSPS) is 17.8. The summed E-state index contributed by atoms with van der Waals surface area (Å²) in [6.07, 6.45) is 39.3. The number of allylic oxidation sites excluding steroid dienone is 23. The van der Waals surface area contributed by atoms with Crippen molar-refractivity contribution < 1.29 is 0 Å². The number of nitrogens with two attached hydrogens (primary N) is 1. The van der Waals surface area contributed by atoms with E-state index in [-0.39, 0.29) is 5.92 Å². The van der Waals surface area contributed by atoms with Gasteiger partial charge in [-0.2, -0.15) is 0 Å². The molecule has 0 bridgehead atoms. The standard InChI is InChI=1S/C59H58N2/c1-8-9-15-28-48(6)59(42-22-14-17-26-46(4)25-16-10-11-23-43-60)56(33-24-27-47(5)49-29-18-12-19-30-49)54(39-41-58(61-7)45(2)3)55-44-53(38-40-57(55)59)52-36-34-51(35-37-52)50-31-20-13-21-32-50/h8-41,43-44,47H,2,4,6-7,42,60H2,1,3,5H3/b9-8-,11-10-,22-14-,25-16-,26-17-,27-24+,28-15-,43-23+,54-39-,56-33+,58-41-. The van der Waals surface area contributed by atoms with Crippen LogP contribution in [0, 0.1) is 0 Å². The van der Waals surface area contributed by atoms with Crippen molar-refractivity contribution in [2.75, 3.05) is 0 Å². The summed E-state index contributed by atoms with van der Waals surface area (Å²) in [4.78, 5) is 4.34. The Labute approximate surface area is 365 Å². The van der Waals surface area contributed by atoms with E-state index in [1.54, 1.807) is 6.08 Å². The van der Waals surface area contributed by atoms with Crippen LogP contribution < -0.4 is 5.73 Å². The number of hydrogen-bond donors (Lipinski definition) is 1. The van der Waals surface area contributed by atoms with Gasteiger partial charge in [0.25, 0.3) is 0 Å². The molecule has 0 fully saturated rings. The van der Waals surface area contributed by atoms with Crippen molar-refractivity contribution in [2.45, 2.75) is 38.5 Å². The minimum atomic E-state index is -0.614. The molecule has 2 N–H and O–H groups in total. The first kappa shape index (κ1) is 44.8. The Morgan fingerprint density at radius 1 is 0.689 bits per heavy atom. The van der Waals surface area contributed by atoms with Gasteiger partial charge < -0.3 is 5.73 Å². The number of fused-ring (bicyclic) bond motifs is 1. The van der Waals surface area contributed by atoms with E-state index in [9.17, 15) is 0 Å². The number of aliphatic imine (C=N–C) groups is 1. The van der Waals surface area contributed by atoms with E-state index in [0.29, 0.717) is 6.42 Å². The molecule has 0 spiro atoms. The van der Waals surface area contributed by atoms with E-state index >= 15 is 0 Å². The molecule has 0 radical (unpaired) electrons. The summed E-state index contributed by atoms with van der Waals surface area (Å²) in [5.41, 5.74) is 18.8. The largest absolute Gasteiger partial charge is 0.405 e. The van der Waals surface area contributed by atoms with E-state index in [1.807, 2.05) is 68.5 Å². The fourth-order valence-electron chi connectivity index (χ4n) is 7.47. The monoisotopic (exact) mass is 794 g/mol. The lowest BCUT2D eigenvalue weighted by atomic mass is 9.69. The molecular weight excluding hydrogens is 737 g/mol. The second-order valence-electron chi connectivity index (χ2n) is 14.9. The zero-order chi connectivity index (χ0) is 43.5. The second-order valence-corrected chi connectivity index (χ2v) is 14.9. The quantitative estimate of drug-likeness (QED) is 0.0791. The van der Waals surface area contributed by atoms with Crippen LogP contribution in [0.15, 0.2) is 271 Å². The predicted molar refractivity (Wildman–Crippen MR) is 268 cm³/mol. The Balaban J connectivity index is 1.72. The molecule has 0 heterocycles. The van der Waals surface area contributed by atoms with Gasteiger partial charge in [-0.15, -0.1) is 0 Å². The van der Waals surface area contributed by atoms with Crippen molar-refractivity contribution >= 4 is 12.3 Å². The van der Waals surface area contributed by atoms with E-state index in [4.69, 9.17) is 12.3 Å². The Kier molecular flexibility index (Phi) is 16.7. The Bertz CT molecular complexity index is 2520. The summed E-state index contributed by atoms with van der Waals surface area (Å²) in [7, 11) is 0. The topological polar surface area (TPSA) is 38.4 Å². The molecule has 1 aliphatic carbocycles. The highest BCUT2D eigenvalue weighted by molar-refractivity contribution is 5.95. The third-order valence-electron chi connectivity index (χ3n) is 10.7. The van der Waals surface area contributed by atoms with Gasteiger partial charge in [0.05, 0.1) is 5.70 Å². The third-order valence-corrected chi connectivity index (χ3v) is 10.7. The highest BCUT2D eigenvalue weighted by atomic mass is 14.7. The first-order valence-electron chi connectivity index (χ1n) is 20.8. The SMILES string of the molecule is C=N\C(=C/C=C1\C(=C/C=C/C(C)c2ccccc2)C(C/C=C\C=C/C(=C)\C=C/C=C\C=C\N)(C(=C)/C=C\C=C/C)c2ccc(-c3ccc(-c4ccccc4)cc3)cc21)C(=C)C. The molecule has 4 aromatic carbocycles. The van der Waals surface area contributed by atoms with Gasteiger partial charge >= 0.3 is 0 Å². The zero-order valence-corrected chi connectivity index (χ0v) is 35.9. The minimum absolute atomic E-state index is 0.214. The number of benzene rings is 4. The molecule has 0 saturated heterocycles. The molecule has 2 unspecified atom stereocenters. The molecule has 0 aliphatic heterocycles. The first-order valence-corrected chi connectivity index (χ1v) is 20.8. The van der Waals surface area contributed by atoms with Crippen LogP contribution in [-0.2, 0) is 5.41 Å². The Morgan fingerprint density at radius 3 is 1.95 bits per heavy atom. The van der Waals surface area contributed by atoms with Gasteiger partial charge in [0.15, 0.2) is 0 Å². The van der Waals surface area contributed by atoms with Gasteiger partial charge in [0.1, 0.15) is 0 Å². The molecule has 2 nitrogen and oxygen atoms in total. The maximum absolute atomic E-state index is 5.44. The van der Waals surface area contributed by atoms with Crippen molar-refractivity contribution in [1.29, 1.82) is 0 Å². The van der Waals surface area contributed by atoms with Gasteiger partial charge in [-0.1, -0.05) is 221 Å². The summed E-state index contributed by atoms with van der Waals surface area (Å²) in [5, 5.41) is 0. The lowest BCUT2D eigenvalue weighted by molar-refractivity contribution is 0.646. The van der Waals surface area contributed by atoms with Crippen LogP contribution in [0.5, 0.6) is 0 Å². The number of rotatable bonds is 18. The van der Waals surface area contributed by atoms with Crippen molar-refractivity contribution in [1.82, 2.24) is 0 Å². The van der Waals surface area contributed by atoms with Gasteiger partial charge in [0, 0.05) is 5.41 Å². The third kappa shape index (κ3) is 11.7. The summed E-state index contributed by atoms with van der Waals surface area (Å²) in [5.74, 6) is 0.214. The highest BCUT2D eigenvalue weighted by Crippen LogP contribution is 2.57. The van der Waals surface area contributed by atoms with E-state index in [2.05, 4.69) is 184 Å². The van der Waals surface area contributed by atoms with Crippen LogP contribution in [0.4, 0.5) is 0 Å². The van der Waals surface area contributed by atoms with Crippen LogP contribution in [0.3, 0.4) is 0 Å². The lowest BCUT2D eigenvalue weighted by Crippen LogP contribution is -2.26. The summed E-state index contributed by atoms with van der Waals surface area (Å²) in [6, 6.07) is 36.8. The Hall–Kier alpha value is -7.29. The van der Waals surface area contributed by atoms with Gasteiger partial charge in [0.2, 0.25) is 0 Å². The van der Waals surface area contributed by atoms with Gasteiger partial charge in [-0.3, -0.25) is 4.99 Å². The molecule has 0 saturated carbocycles. The average molecular weight is 795 g/mol. The molecule has 1 aliphatic rings. The summed E-state index contributed by atoms with van der Waals surface area (Å²) >= 11 is 0. The highest BCUT2D eigenvalue weighted by Gasteiger charge is 2.46. The van der Waals surface area contributed by atoms with E-state index in [0.717, 1.165) is 50.3 Å². The first-order chi connectivity index (χ1) is 29.7. The fourth-order valence-corrected chi connectivity index (χ4v) is 7.47. The van der Waals surface area contributed by atoms with Crippen LogP contribution in [0.25, 0.3) is 27.8 Å². The molecular formula is C59H58N2. The lowest BCUT2D eigenvalue weighted by Gasteiger charge is -2.33. The maximum Gasteiger partial charge on any atom is 0.0645 e. The van der Waals surface area contributed by atoms with Crippen LogP contribution in [-0.4, -0.2) is 6.72 Å². The van der Waals surface area contributed by atoms with Crippen LogP contribution >= 0.6 is 0 Å². The van der Waals surface area contributed by atoms with Crippen LogP contribution in [0.2, 0.25) is 0 Å². The minimum Gasteiger partial charge on any atom is -0.405 e. The fraction of sp³-hybridized carbons (Fsp3) is 0.102. The zero-order valence-electron chi connectivity index (χ0n) is 35.9. The molecule has 2 heteroatoms. The molecule has 61 heavy (non-hydrogen) atoms. The molecule has 4 aromatic rings.